The first-order valence-electron chi connectivity index (χ1n) is 25.2. The molecule has 5 nitrogen and oxygen atoms in total. The monoisotopic (exact) mass is 924 g/mol. The van der Waals surface area contributed by atoms with Crippen molar-refractivity contribution in [3.63, 3.8) is 0 Å². The molecule has 0 saturated heterocycles. The molecule has 8 aromatic rings. The number of benzene rings is 7. The van der Waals surface area contributed by atoms with E-state index in [9.17, 15) is 0 Å². The minimum Gasteiger partial charge on any atom is -0.488 e. The quantitative estimate of drug-likeness (QED) is 0.155. The predicted octanol–water partition coefficient (Wildman–Crippen LogP) is 16.4. The molecule has 3 heterocycles. The summed E-state index contributed by atoms with van der Waals surface area (Å²) in [4.78, 5) is 7.39. The number of fused-ring (bicyclic) bond motifs is 5. The van der Waals surface area contributed by atoms with Gasteiger partial charge in [0.15, 0.2) is 0 Å². The van der Waals surface area contributed by atoms with Gasteiger partial charge in [-0.2, -0.15) is 0 Å². The van der Waals surface area contributed by atoms with Crippen LogP contribution in [0.2, 0.25) is 0 Å². The molecular formula is C64H70BN3O2. The molecule has 0 aliphatic carbocycles. The summed E-state index contributed by atoms with van der Waals surface area (Å²) >= 11 is 0. The Morgan fingerprint density at radius 3 is 1.20 bits per heavy atom. The van der Waals surface area contributed by atoms with Gasteiger partial charge in [-0.1, -0.05) is 144 Å². The van der Waals surface area contributed by atoms with E-state index in [-0.39, 0.29) is 28.4 Å². The normalized spacial score (nSPS) is 13.8. The lowest BCUT2D eigenvalue weighted by atomic mass is 9.33. The van der Waals surface area contributed by atoms with Gasteiger partial charge in [0.2, 0.25) is 0 Å². The number of furan rings is 1. The van der Waals surface area contributed by atoms with Crippen LogP contribution in [-0.2, 0) is 21.7 Å². The fourth-order valence-corrected chi connectivity index (χ4v) is 10.4. The van der Waals surface area contributed by atoms with Gasteiger partial charge in [-0.25, -0.2) is 0 Å². The summed E-state index contributed by atoms with van der Waals surface area (Å²) in [6.45, 7) is 33.7. The van der Waals surface area contributed by atoms with Gasteiger partial charge in [-0.05, 0) is 148 Å². The summed E-state index contributed by atoms with van der Waals surface area (Å²) in [5.41, 5.74) is 18.4. The van der Waals surface area contributed by atoms with E-state index in [0.29, 0.717) is 0 Å². The van der Waals surface area contributed by atoms with Gasteiger partial charge in [-0.3, -0.25) is 0 Å². The van der Waals surface area contributed by atoms with Crippen LogP contribution in [-0.4, -0.2) is 12.3 Å². The highest BCUT2D eigenvalue weighted by Crippen LogP contribution is 2.49. The molecule has 2 aliphatic rings. The van der Waals surface area contributed by atoms with E-state index in [1.54, 1.807) is 0 Å². The summed E-state index contributed by atoms with van der Waals surface area (Å²) in [6.07, 6.45) is 3.76. The molecule has 0 saturated carbocycles. The molecule has 1 aromatic heterocycles. The molecule has 0 amide bonds. The van der Waals surface area contributed by atoms with Crippen LogP contribution in [0.5, 0.6) is 5.75 Å². The van der Waals surface area contributed by atoms with Crippen molar-refractivity contribution in [1.82, 2.24) is 0 Å². The number of anilines is 9. The van der Waals surface area contributed by atoms with Gasteiger partial charge in [0, 0.05) is 74.1 Å². The van der Waals surface area contributed by atoms with Crippen molar-refractivity contribution in [3.05, 3.63) is 174 Å². The standard InChI is InChI=1S/C64H70BN3O2/c1-60(2,3)43-16-24-47(25-17-43)66(48-26-18-44(19-27-48)61(4,5)6)51-32-33-53-56(36-51)68(50-30-22-46(23-31-50)63(10,11)12)58-38-52(70-64(13,14)15)37-57-59(58)65(53)54-34-41-39-69-40-42(41)35-55(54)67(57)49-28-20-45(21-29-49)62(7,8)9/h16-40H,1-15H3. The van der Waals surface area contributed by atoms with Crippen molar-refractivity contribution in [2.45, 2.75) is 131 Å². The highest BCUT2D eigenvalue weighted by Gasteiger charge is 2.45. The van der Waals surface area contributed by atoms with Crippen LogP contribution in [0.1, 0.15) is 126 Å². The van der Waals surface area contributed by atoms with Gasteiger partial charge in [0.25, 0.3) is 6.71 Å². The summed E-state index contributed by atoms with van der Waals surface area (Å²) < 4.78 is 12.9. The van der Waals surface area contributed by atoms with Crippen molar-refractivity contribution in [2.24, 2.45) is 0 Å². The first-order chi connectivity index (χ1) is 32.8. The topological polar surface area (TPSA) is 32.1 Å². The molecule has 10 rings (SSSR count). The Kier molecular flexibility index (Phi) is 11.1. The molecule has 0 spiro atoms. The zero-order valence-electron chi connectivity index (χ0n) is 44.2. The van der Waals surface area contributed by atoms with Crippen LogP contribution in [0.25, 0.3) is 10.8 Å². The average Bonchev–Trinajstić information content (AvgIpc) is 3.75. The number of ether oxygens (including phenoxy) is 1. The summed E-state index contributed by atoms with van der Waals surface area (Å²) in [5.74, 6) is 0.819. The van der Waals surface area contributed by atoms with Gasteiger partial charge < -0.3 is 23.9 Å². The van der Waals surface area contributed by atoms with Crippen LogP contribution in [0.15, 0.2) is 156 Å². The average molecular weight is 924 g/mol. The second-order valence-corrected chi connectivity index (χ2v) is 24.9. The minimum atomic E-state index is -0.445. The molecule has 70 heavy (non-hydrogen) atoms. The summed E-state index contributed by atoms with van der Waals surface area (Å²) in [7, 11) is 0. The van der Waals surface area contributed by atoms with E-state index in [2.05, 4.69) is 258 Å². The van der Waals surface area contributed by atoms with Crippen LogP contribution >= 0.6 is 0 Å². The molecule has 0 N–H and O–H groups in total. The third-order valence-electron chi connectivity index (χ3n) is 14.3. The predicted molar refractivity (Wildman–Crippen MR) is 300 cm³/mol. The fourth-order valence-electron chi connectivity index (χ4n) is 10.4. The molecular weight excluding hydrogens is 854 g/mol. The Balaban J connectivity index is 1.27. The van der Waals surface area contributed by atoms with Crippen LogP contribution in [0.3, 0.4) is 0 Å². The maximum atomic E-state index is 6.97. The van der Waals surface area contributed by atoms with Crippen molar-refractivity contribution in [1.29, 1.82) is 0 Å². The zero-order valence-corrected chi connectivity index (χ0v) is 44.2. The molecule has 2 aliphatic heterocycles. The zero-order chi connectivity index (χ0) is 49.9. The van der Waals surface area contributed by atoms with Crippen LogP contribution in [0.4, 0.5) is 51.2 Å². The van der Waals surface area contributed by atoms with Gasteiger partial charge in [-0.15, -0.1) is 0 Å². The maximum absolute atomic E-state index is 6.97. The van der Waals surface area contributed by atoms with Gasteiger partial charge in [0.1, 0.15) is 11.4 Å². The summed E-state index contributed by atoms with van der Waals surface area (Å²) in [5, 5.41) is 2.15. The molecule has 0 radical (unpaired) electrons. The van der Waals surface area contributed by atoms with E-state index in [0.717, 1.165) is 67.7 Å². The highest BCUT2D eigenvalue weighted by atomic mass is 16.5. The Hall–Kier alpha value is -6.66. The number of hydrogen-bond donors (Lipinski definition) is 0. The Morgan fingerprint density at radius 1 is 0.400 bits per heavy atom. The van der Waals surface area contributed by atoms with E-state index in [1.165, 1.54) is 38.6 Å². The minimum absolute atomic E-state index is 0.00697. The maximum Gasteiger partial charge on any atom is 0.252 e. The van der Waals surface area contributed by atoms with E-state index >= 15 is 0 Å². The second kappa shape index (κ2) is 16.5. The molecule has 0 fully saturated rings. The fraction of sp³-hybridized carbons (Fsp3) is 0.312. The lowest BCUT2D eigenvalue weighted by Crippen LogP contribution is -2.61. The van der Waals surface area contributed by atoms with E-state index in [1.807, 2.05) is 12.5 Å². The highest BCUT2D eigenvalue weighted by molar-refractivity contribution is 7.00. The molecule has 7 aromatic carbocycles. The number of rotatable bonds is 6. The largest absolute Gasteiger partial charge is 0.488 e. The molecule has 356 valence electrons. The van der Waals surface area contributed by atoms with Gasteiger partial charge in [0.05, 0.1) is 12.5 Å². The number of hydrogen-bond acceptors (Lipinski definition) is 5. The van der Waals surface area contributed by atoms with Crippen LogP contribution in [0, 0.1) is 0 Å². The second-order valence-electron chi connectivity index (χ2n) is 24.9. The van der Waals surface area contributed by atoms with Crippen molar-refractivity contribution in [2.75, 3.05) is 14.7 Å². The van der Waals surface area contributed by atoms with Crippen molar-refractivity contribution < 1.29 is 9.15 Å². The summed E-state index contributed by atoms with van der Waals surface area (Å²) in [6, 6.07) is 53.1. The Bertz CT molecular complexity index is 3180. The van der Waals surface area contributed by atoms with Gasteiger partial charge >= 0.3 is 0 Å². The molecule has 0 bridgehead atoms. The smallest absolute Gasteiger partial charge is 0.252 e. The molecule has 0 atom stereocenters. The molecule has 6 heteroatoms. The third kappa shape index (κ3) is 8.58. The lowest BCUT2D eigenvalue weighted by Gasteiger charge is -2.45. The lowest BCUT2D eigenvalue weighted by molar-refractivity contribution is 0.131. The first kappa shape index (κ1) is 47.0. The van der Waals surface area contributed by atoms with E-state index < -0.39 is 5.60 Å². The van der Waals surface area contributed by atoms with Crippen LogP contribution < -0.4 is 35.8 Å². The van der Waals surface area contributed by atoms with Crippen molar-refractivity contribution in [3.8, 4) is 5.75 Å². The first-order valence-corrected chi connectivity index (χ1v) is 25.2. The third-order valence-corrected chi connectivity index (χ3v) is 14.3. The van der Waals surface area contributed by atoms with Crippen molar-refractivity contribution >= 4 is 85.1 Å². The molecule has 0 unspecified atom stereocenters. The van der Waals surface area contributed by atoms with E-state index in [4.69, 9.17) is 9.15 Å². The Morgan fingerprint density at radius 2 is 0.786 bits per heavy atom. The Labute approximate surface area is 418 Å². The SMILES string of the molecule is CC(C)(C)Oc1cc2c3c(c1)N(c1ccc(C(C)(C)C)cc1)c1cc4cocc4cc1B3c1ccc(N(c3ccc(C(C)(C)C)cc3)c3ccc(C(C)(C)C)cc3)cc1N2c1ccc(C(C)(C)C)cc1. The number of nitrogens with zero attached hydrogens (tertiary/aromatic N) is 3.